The predicted octanol–water partition coefficient (Wildman–Crippen LogP) is 4.19. The number of pyridine rings is 1. The molecule has 0 bridgehead atoms. The number of amides is 1. The minimum Gasteiger partial charge on any atom is -0.494 e. The maximum atomic E-state index is 12.5. The molecule has 1 aliphatic carbocycles. The fourth-order valence-corrected chi connectivity index (χ4v) is 3.95. The van der Waals surface area contributed by atoms with Gasteiger partial charge in [0.1, 0.15) is 11.6 Å². The molecule has 1 atom stereocenters. The van der Waals surface area contributed by atoms with Crippen molar-refractivity contribution in [1.29, 1.82) is 0 Å². The van der Waals surface area contributed by atoms with E-state index in [-0.39, 0.29) is 5.91 Å². The van der Waals surface area contributed by atoms with Gasteiger partial charge in [-0.15, -0.1) is 0 Å². The molecule has 160 valence electrons. The first-order chi connectivity index (χ1) is 14.6. The maximum absolute atomic E-state index is 12.5. The number of hydrogen-bond donors (Lipinski definition) is 1. The molecule has 1 saturated heterocycles. The summed E-state index contributed by atoms with van der Waals surface area (Å²) in [6, 6.07) is 12.6. The van der Waals surface area contributed by atoms with Crippen LogP contribution in [0.4, 0.5) is 11.5 Å². The molecule has 4 rings (SSSR count). The van der Waals surface area contributed by atoms with Crippen LogP contribution < -0.4 is 15.0 Å². The van der Waals surface area contributed by atoms with E-state index in [1.165, 1.54) is 19.3 Å². The van der Waals surface area contributed by atoms with E-state index in [1.54, 1.807) is 18.3 Å². The van der Waals surface area contributed by atoms with E-state index in [2.05, 4.69) is 34.1 Å². The van der Waals surface area contributed by atoms with Crippen LogP contribution in [0.2, 0.25) is 0 Å². The van der Waals surface area contributed by atoms with Gasteiger partial charge in [0.15, 0.2) is 0 Å². The summed E-state index contributed by atoms with van der Waals surface area (Å²) < 4.78 is 5.65. The highest BCUT2D eigenvalue weighted by molar-refractivity contribution is 6.04. The minimum atomic E-state index is -0.142. The van der Waals surface area contributed by atoms with Crippen molar-refractivity contribution in [1.82, 2.24) is 9.88 Å². The molecule has 2 fully saturated rings. The number of nitrogens with zero attached hydrogens (tertiary/aromatic N) is 3. The standard InChI is InChI=1S/C24H32N4O2/c1-3-4-15-30-22-10-5-18(6-11-22)24(29)26-19-7-12-23(25-16-19)28-14-13-21(17-28)27(2)20-8-9-20/h5-7,10-12,16,20-21H,3-4,8-9,13-15,17H2,1-2H3,(H,26,29)/t21-/m1/s1. The lowest BCUT2D eigenvalue weighted by molar-refractivity contribution is 0.102. The van der Waals surface area contributed by atoms with Crippen LogP contribution in [-0.2, 0) is 0 Å². The molecule has 1 aromatic carbocycles. The van der Waals surface area contributed by atoms with Gasteiger partial charge in [-0.05, 0) is 69.1 Å². The smallest absolute Gasteiger partial charge is 0.255 e. The number of hydrogen-bond acceptors (Lipinski definition) is 5. The van der Waals surface area contributed by atoms with E-state index in [0.29, 0.717) is 23.9 Å². The molecule has 1 N–H and O–H groups in total. The van der Waals surface area contributed by atoms with Crippen LogP contribution in [-0.4, -0.2) is 54.6 Å². The Morgan fingerprint density at radius 2 is 1.97 bits per heavy atom. The Labute approximate surface area is 179 Å². The molecule has 1 saturated carbocycles. The molecular formula is C24H32N4O2. The summed E-state index contributed by atoms with van der Waals surface area (Å²) in [5, 5.41) is 2.93. The maximum Gasteiger partial charge on any atom is 0.255 e. The Bertz CT molecular complexity index is 833. The number of unbranched alkanes of at least 4 members (excludes halogenated alkanes) is 1. The van der Waals surface area contributed by atoms with Crippen molar-refractivity contribution >= 4 is 17.4 Å². The number of benzene rings is 1. The highest BCUT2D eigenvalue weighted by Gasteiger charge is 2.34. The fourth-order valence-electron chi connectivity index (χ4n) is 3.95. The van der Waals surface area contributed by atoms with Crippen molar-refractivity contribution in [3.05, 3.63) is 48.2 Å². The Morgan fingerprint density at radius 1 is 1.17 bits per heavy atom. The third kappa shape index (κ3) is 5.11. The molecule has 0 spiro atoms. The van der Waals surface area contributed by atoms with Crippen LogP contribution in [0.15, 0.2) is 42.6 Å². The van der Waals surface area contributed by atoms with Crippen molar-refractivity contribution in [2.75, 3.05) is 37.0 Å². The molecule has 2 aliphatic rings. The third-order valence-electron chi connectivity index (χ3n) is 6.08. The SMILES string of the molecule is CCCCOc1ccc(C(=O)Nc2ccc(N3CC[C@@H](N(C)C4CC4)C3)nc2)cc1. The van der Waals surface area contributed by atoms with Gasteiger partial charge in [-0.1, -0.05) is 13.3 Å². The first-order valence-corrected chi connectivity index (χ1v) is 11.1. The van der Waals surface area contributed by atoms with Crippen LogP contribution in [0.25, 0.3) is 0 Å². The van der Waals surface area contributed by atoms with Crippen molar-refractivity contribution in [2.45, 2.75) is 51.1 Å². The summed E-state index contributed by atoms with van der Waals surface area (Å²) in [6.45, 7) is 4.90. The quantitative estimate of drug-likeness (QED) is 0.631. The van der Waals surface area contributed by atoms with Gasteiger partial charge in [-0.2, -0.15) is 0 Å². The fraction of sp³-hybridized carbons (Fsp3) is 0.500. The lowest BCUT2D eigenvalue weighted by Gasteiger charge is -2.24. The van der Waals surface area contributed by atoms with E-state index in [9.17, 15) is 4.79 Å². The third-order valence-corrected chi connectivity index (χ3v) is 6.08. The molecule has 2 heterocycles. The Kier molecular flexibility index (Phi) is 6.53. The number of likely N-dealkylation sites (N-methyl/N-ethyl adjacent to an activating group) is 1. The number of aromatic nitrogens is 1. The molecule has 1 aromatic heterocycles. The number of anilines is 2. The first kappa shape index (κ1) is 20.7. The van der Waals surface area contributed by atoms with E-state index in [4.69, 9.17) is 4.74 Å². The first-order valence-electron chi connectivity index (χ1n) is 11.1. The van der Waals surface area contributed by atoms with Crippen molar-refractivity contribution in [3.63, 3.8) is 0 Å². The lowest BCUT2D eigenvalue weighted by Crippen LogP contribution is -2.36. The molecule has 1 aliphatic heterocycles. The highest BCUT2D eigenvalue weighted by atomic mass is 16.5. The Hall–Kier alpha value is -2.60. The monoisotopic (exact) mass is 408 g/mol. The largest absolute Gasteiger partial charge is 0.494 e. The highest BCUT2D eigenvalue weighted by Crippen LogP contribution is 2.31. The summed E-state index contributed by atoms with van der Waals surface area (Å²) in [5.41, 5.74) is 1.31. The van der Waals surface area contributed by atoms with Gasteiger partial charge in [-0.3, -0.25) is 9.69 Å². The normalized spacial score (nSPS) is 18.6. The molecule has 2 aromatic rings. The molecule has 1 amide bonds. The Morgan fingerprint density at radius 3 is 2.63 bits per heavy atom. The van der Waals surface area contributed by atoms with E-state index in [0.717, 1.165) is 43.5 Å². The molecule has 30 heavy (non-hydrogen) atoms. The van der Waals surface area contributed by atoms with Gasteiger partial charge in [-0.25, -0.2) is 4.98 Å². The summed E-state index contributed by atoms with van der Waals surface area (Å²) in [6.07, 6.45) is 7.74. The molecular weight excluding hydrogens is 376 g/mol. The summed E-state index contributed by atoms with van der Waals surface area (Å²) in [4.78, 5) is 22.0. The zero-order valence-corrected chi connectivity index (χ0v) is 18.0. The average molecular weight is 409 g/mol. The zero-order valence-electron chi connectivity index (χ0n) is 18.0. The number of ether oxygens (including phenoxy) is 1. The predicted molar refractivity (Wildman–Crippen MR) is 120 cm³/mol. The summed E-state index contributed by atoms with van der Waals surface area (Å²) in [7, 11) is 2.25. The molecule has 0 unspecified atom stereocenters. The van der Waals surface area contributed by atoms with Crippen LogP contribution in [0.5, 0.6) is 5.75 Å². The molecule has 0 radical (unpaired) electrons. The minimum absolute atomic E-state index is 0.142. The second-order valence-electron chi connectivity index (χ2n) is 8.37. The van der Waals surface area contributed by atoms with Gasteiger partial charge < -0.3 is 15.0 Å². The number of carbonyl (C=O) groups excluding carboxylic acids is 1. The van der Waals surface area contributed by atoms with Crippen LogP contribution >= 0.6 is 0 Å². The van der Waals surface area contributed by atoms with E-state index >= 15 is 0 Å². The van der Waals surface area contributed by atoms with Crippen molar-refractivity contribution in [2.24, 2.45) is 0 Å². The van der Waals surface area contributed by atoms with Gasteiger partial charge in [0.2, 0.25) is 0 Å². The summed E-state index contributed by atoms with van der Waals surface area (Å²) >= 11 is 0. The van der Waals surface area contributed by atoms with Crippen molar-refractivity contribution in [3.8, 4) is 5.75 Å². The summed E-state index contributed by atoms with van der Waals surface area (Å²) in [5.74, 6) is 1.63. The van der Waals surface area contributed by atoms with Crippen molar-refractivity contribution < 1.29 is 9.53 Å². The van der Waals surface area contributed by atoms with E-state index in [1.807, 2.05) is 24.3 Å². The van der Waals surface area contributed by atoms with Crippen LogP contribution in [0, 0.1) is 0 Å². The van der Waals surface area contributed by atoms with Gasteiger partial charge >= 0.3 is 0 Å². The topological polar surface area (TPSA) is 57.7 Å². The van der Waals surface area contributed by atoms with Gasteiger partial charge in [0.05, 0.1) is 18.5 Å². The second-order valence-corrected chi connectivity index (χ2v) is 8.37. The second kappa shape index (κ2) is 9.47. The number of rotatable bonds is 9. The Balaban J connectivity index is 1.29. The molecule has 6 heteroatoms. The molecule has 6 nitrogen and oxygen atoms in total. The van der Waals surface area contributed by atoms with Gasteiger partial charge in [0, 0.05) is 30.7 Å². The number of nitrogens with one attached hydrogen (secondary N) is 1. The zero-order chi connectivity index (χ0) is 20.9. The average Bonchev–Trinajstić information content (AvgIpc) is 3.51. The van der Waals surface area contributed by atoms with E-state index < -0.39 is 0 Å². The van der Waals surface area contributed by atoms with Gasteiger partial charge in [0.25, 0.3) is 5.91 Å². The van der Waals surface area contributed by atoms with Crippen LogP contribution in [0.1, 0.15) is 49.4 Å². The number of carbonyl (C=O) groups is 1. The van der Waals surface area contributed by atoms with Crippen LogP contribution in [0.3, 0.4) is 0 Å². The lowest BCUT2D eigenvalue weighted by atomic mass is 10.2.